The van der Waals surface area contributed by atoms with Gasteiger partial charge in [0.25, 0.3) is 5.91 Å². The Bertz CT molecular complexity index is 618. The summed E-state index contributed by atoms with van der Waals surface area (Å²) in [5, 5.41) is 0.666. The van der Waals surface area contributed by atoms with Crippen molar-refractivity contribution in [1.29, 1.82) is 0 Å². The summed E-state index contributed by atoms with van der Waals surface area (Å²) in [4.78, 5) is 18.4. The van der Waals surface area contributed by atoms with Crippen LogP contribution in [0.4, 0.5) is 0 Å². The van der Waals surface area contributed by atoms with E-state index in [0.717, 1.165) is 5.56 Å². The molecule has 0 N–H and O–H groups in total. The summed E-state index contributed by atoms with van der Waals surface area (Å²) < 4.78 is 0.697. The van der Waals surface area contributed by atoms with Crippen LogP contribution in [0.15, 0.2) is 47.1 Å². The Labute approximate surface area is 131 Å². The Morgan fingerprint density at radius 3 is 2.70 bits per heavy atom. The third-order valence-corrected chi connectivity index (χ3v) is 3.96. The molecule has 0 radical (unpaired) electrons. The van der Waals surface area contributed by atoms with Crippen LogP contribution in [-0.4, -0.2) is 22.3 Å². The number of nitrogens with zero attached hydrogens (tertiary/aromatic N) is 2. The van der Waals surface area contributed by atoms with Crippen molar-refractivity contribution in [2.75, 3.05) is 6.54 Å². The smallest absolute Gasteiger partial charge is 0.273 e. The second-order valence-electron chi connectivity index (χ2n) is 4.24. The van der Waals surface area contributed by atoms with Gasteiger partial charge in [-0.05, 0) is 46.6 Å². The fourth-order valence-corrected chi connectivity index (χ4v) is 2.47. The summed E-state index contributed by atoms with van der Waals surface area (Å²) in [6.45, 7) is 3.00. The lowest BCUT2D eigenvalue weighted by molar-refractivity contribution is 0.0745. The maximum atomic E-state index is 12.5. The molecule has 0 unspecified atom stereocenters. The average molecular weight is 354 g/mol. The second-order valence-corrected chi connectivity index (χ2v) is 5.51. The lowest BCUT2D eigenvalue weighted by Crippen LogP contribution is -2.31. The van der Waals surface area contributed by atoms with Crippen LogP contribution in [0.25, 0.3) is 0 Å². The molecule has 0 aliphatic rings. The minimum Gasteiger partial charge on any atom is -0.333 e. The standard InChI is InChI=1S/C15H14BrClN2O/c1-2-19(10-11-6-3-4-8-13(11)17)15(20)14-12(16)7-5-9-18-14/h3-9H,2,10H2,1H3. The van der Waals surface area contributed by atoms with Gasteiger partial charge in [-0.15, -0.1) is 0 Å². The molecule has 1 amide bonds. The number of amides is 1. The maximum Gasteiger partial charge on any atom is 0.273 e. The van der Waals surface area contributed by atoms with E-state index in [4.69, 9.17) is 11.6 Å². The topological polar surface area (TPSA) is 33.2 Å². The molecule has 3 nitrogen and oxygen atoms in total. The van der Waals surface area contributed by atoms with Gasteiger partial charge in [-0.3, -0.25) is 4.79 Å². The normalized spacial score (nSPS) is 10.3. The van der Waals surface area contributed by atoms with Crippen LogP contribution in [0.1, 0.15) is 23.0 Å². The highest BCUT2D eigenvalue weighted by Crippen LogP contribution is 2.20. The molecular formula is C15H14BrClN2O. The lowest BCUT2D eigenvalue weighted by atomic mass is 10.2. The van der Waals surface area contributed by atoms with E-state index in [2.05, 4.69) is 20.9 Å². The molecule has 0 aliphatic carbocycles. The van der Waals surface area contributed by atoms with E-state index in [1.165, 1.54) is 0 Å². The van der Waals surface area contributed by atoms with Crippen molar-refractivity contribution in [2.24, 2.45) is 0 Å². The number of carbonyl (C=O) groups excluding carboxylic acids is 1. The fraction of sp³-hybridized carbons (Fsp3) is 0.200. The Hall–Kier alpha value is -1.39. The molecule has 0 spiro atoms. The molecule has 0 fully saturated rings. The van der Waals surface area contributed by atoms with Crippen molar-refractivity contribution in [3.05, 3.63) is 63.3 Å². The number of hydrogen-bond donors (Lipinski definition) is 0. The predicted octanol–water partition coefficient (Wildman–Crippen LogP) is 4.16. The van der Waals surface area contributed by atoms with Crippen molar-refractivity contribution in [1.82, 2.24) is 9.88 Å². The second kappa shape index (κ2) is 6.86. The number of rotatable bonds is 4. The SMILES string of the molecule is CCN(Cc1ccccc1Cl)C(=O)c1ncccc1Br. The Morgan fingerprint density at radius 1 is 1.30 bits per heavy atom. The number of halogens is 2. The van der Waals surface area contributed by atoms with Crippen molar-refractivity contribution in [2.45, 2.75) is 13.5 Å². The van der Waals surface area contributed by atoms with Gasteiger partial charge < -0.3 is 4.90 Å². The van der Waals surface area contributed by atoms with Crippen LogP contribution in [0.5, 0.6) is 0 Å². The number of benzene rings is 1. The molecule has 0 aliphatic heterocycles. The molecule has 0 saturated carbocycles. The number of aromatic nitrogens is 1. The largest absolute Gasteiger partial charge is 0.333 e. The summed E-state index contributed by atoms with van der Waals surface area (Å²) in [6.07, 6.45) is 1.61. The number of hydrogen-bond acceptors (Lipinski definition) is 2. The first kappa shape index (κ1) is 15.0. The highest BCUT2D eigenvalue weighted by Gasteiger charge is 2.19. The van der Waals surface area contributed by atoms with E-state index in [-0.39, 0.29) is 5.91 Å². The molecule has 20 heavy (non-hydrogen) atoms. The fourth-order valence-electron chi connectivity index (χ4n) is 1.85. The highest BCUT2D eigenvalue weighted by molar-refractivity contribution is 9.10. The van der Waals surface area contributed by atoms with Crippen molar-refractivity contribution in [3.63, 3.8) is 0 Å². The van der Waals surface area contributed by atoms with Gasteiger partial charge in [-0.1, -0.05) is 29.8 Å². The van der Waals surface area contributed by atoms with Gasteiger partial charge in [0.05, 0.1) is 0 Å². The average Bonchev–Trinajstić information content (AvgIpc) is 2.46. The molecule has 1 heterocycles. The van der Waals surface area contributed by atoms with Crippen LogP contribution in [-0.2, 0) is 6.54 Å². The summed E-state index contributed by atoms with van der Waals surface area (Å²) in [6, 6.07) is 11.1. The molecule has 2 rings (SSSR count). The van der Waals surface area contributed by atoms with E-state index in [1.807, 2.05) is 37.3 Å². The molecule has 104 valence electrons. The van der Waals surface area contributed by atoms with Crippen LogP contribution >= 0.6 is 27.5 Å². The summed E-state index contributed by atoms with van der Waals surface area (Å²) >= 11 is 9.50. The quantitative estimate of drug-likeness (QED) is 0.827. The van der Waals surface area contributed by atoms with Crippen LogP contribution < -0.4 is 0 Å². The van der Waals surface area contributed by atoms with Gasteiger partial charge in [0.1, 0.15) is 5.69 Å². The van der Waals surface area contributed by atoms with E-state index < -0.39 is 0 Å². The minimum atomic E-state index is -0.111. The van der Waals surface area contributed by atoms with Crippen molar-refractivity contribution >= 4 is 33.4 Å². The molecule has 1 aromatic carbocycles. The molecular weight excluding hydrogens is 340 g/mol. The highest BCUT2D eigenvalue weighted by atomic mass is 79.9. The third kappa shape index (κ3) is 3.38. The molecule has 1 aromatic heterocycles. The van der Waals surface area contributed by atoms with Crippen molar-refractivity contribution in [3.8, 4) is 0 Å². The van der Waals surface area contributed by atoms with Gasteiger partial charge in [0, 0.05) is 28.8 Å². The van der Waals surface area contributed by atoms with Gasteiger partial charge in [-0.25, -0.2) is 4.98 Å². The first-order valence-corrected chi connectivity index (χ1v) is 7.43. The van der Waals surface area contributed by atoms with Gasteiger partial charge >= 0.3 is 0 Å². The molecule has 0 bridgehead atoms. The monoisotopic (exact) mass is 352 g/mol. The van der Waals surface area contributed by atoms with Crippen molar-refractivity contribution < 1.29 is 4.79 Å². The van der Waals surface area contributed by atoms with E-state index in [9.17, 15) is 4.79 Å². The minimum absolute atomic E-state index is 0.111. The van der Waals surface area contributed by atoms with E-state index in [1.54, 1.807) is 17.2 Å². The van der Waals surface area contributed by atoms with Gasteiger partial charge in [-0.2, -0.15) is 0 Å². The predicted molar refractivity (Wildman–Crippen MR) is 83.8 cm³/mol. The zero-order valence-electron chi connectivity index (χ0n) is 11.0. The zero-order valence-corrected chi connectivity index (χ0v) is 13.4. The van der Waals surface area contributed by atoms with Crippen LogP contribution in [0.2, 0.25) is 5.02 Å². The molecule has 5 heteroatoms. The first-order chi connectivity index (χ1) is 9.63. The zero-order chi connectivity index (χ0) is 14.5. The Morgan fingerprint density at radius 2 is 2.05 bits per heavy atom. The van der Waals surface area contributed by atoms with E-state index in [0.29, 0.717) is 28.3 Å². The van der Waals surface area contributed by atoms with Crippen LogP contribution in [0.3, 0.4) is 0 Å². The lowest BCUT2D eigenvalue weighted by Gasteiger charge is -2.21. The number of pyridine rings is 1. The first-order valence-electron chi connectivity index (χ1n) is 6.26. The third-order valence-electron chi connectivity index (χ3n) is 2.95. The van der Waals surface area contributed by atoms with Gasteiger partial charge in [0.15, 0.2) is 0 Å². The molecule has 2 aromatic rings. The van der Waals surface area contributed by atoms with E-state index >= 15 is 0 Å². The molecule has 0 atom stereocenters. The summed E-state index contributed by atoms with van der Waals surface area (Å²) in [7, 11) is 0. The Balaban J connectivity index is 2.23. The maximum absolute atomic E-state index is 12.5. The molecule has 0 saturated heterocycles. The summed E-state index contributed by atoms with van der Waals surface area (Å²) in [5.74, 6) is -0.111. The van der Waals surface area contributed by atoms with Crippen LogP contribution in [0, 0.1) is 0 Å². The summed E-state index contributed by atoms with van der Waals surface area (Å²) in [5.41, 5.74) is 1.35. The van der Waals surface area contributed by atoms with Gasteiger partial charge in [0.2, 0.25) is 0 Å². The Kier molecular flexibility index (Phi) is 5.15. The number of carbonyl (C=O) groups is 1.